The average molecular weight is 392 g/mol. The summed E-state index contributed by atoms with van der Waals surface area (Å²) in [6.07, 6.45) is 1.58. The van der Waals surface area contributed by atoms with Crippen molar-refractivity contribution in [3.8, 4) is 0 Å². The lowest BCUT2D eigenvalue weighted by Gasteiger charge is -2.37. The molecule has 1 amide bonds. The Bertz CT molecular complexity index is 625. The first-order valence-electron chi connectivity index (χ1n) is 8.32. The number of carboxylic acid groups (broad SMARTS) is 1. The summed E-state index contributed by atoms with van der Waals surface area (Å²) >= 11 is 0. The number of carbonyl (C=O) groups is 2. The lowest BCUT2D eigenvalue weighted by molar-refractivity contribution is -0.139. The summed E-state index contributed by atoms with van der Waals surface area (Å²) in [5.41, 5.74) is 0.220. The third-order valence-electron chi connectivity index (χ3n) is 4.39. The number of halogens is 3. The van der Waals surface area contributed by atoms with Gasteiger partial charge < -0.3 is 10.4 Å². The van der Waals surface area contributed by atoms with Gasteiger partial charge in [0.2, 0.25) is 5.91 Å². The van der Waals surface area contributed by atoms with Gasteiger partial charge >= 0.3 is 5.97 Å². The Balaban J connectivity index is 0.00000338. The van der Waals surface area contributed by atoms with Crippen LogP contribution in [0.15, 0.2) is 18.2 Å². The van der Waals surface area contributed by atoms with Crippen molar-refractivity contribution in [2.45, 2.75) is 25.8 Å². The van der Waals surface area contributed by atoms with E-state index in [9.17, 15) is 18.4 Å². The molecular weight excluding hydrogens is 368 g/mol. The summed E-state index contributed by atoms with van der Waals surface area (Å²) in [6.45, 7) is 4.17. The Morgan fingerprint density at radius 1 is 1.27 bits per heavy atom. The molecule has 0 aliphatic carbocycles. The van der Waals surface area contributed by atoms with E-state index in [-0.39, 0.29) is 43.1 Å². The van der Waals surface area contributed by atoms with E-state index in [4.69, 9.17) is 5.11 Å². The Morgan fingerprint density at radius 2 is 1.92 bits per heavy atom. The zero-order chi connectivity index (χ0) is 18.4. The lowest BCUT2D eigenvalue weighted by atomic mass is 10.0. The molecule has 0 atom stereocenters. The van der Waals surface area contributed by atoms with E-state index < -0.39 is 17.6 Å². The van der Waals surface area contributed by atoms with Gasteiger partial charge in [-0.2, -0.15) is 0 Å². The molecule has 0 bridgehead atoms. The number of anilines is 1. The van der Waals surface area contributed by atoms with Gasteiger partial charge in [-0.05, 0) is 31.5 Å². The Morgan fingerprint density at radius 3 is 2.46 bits per heavy atom. The number of carbonyl (C=O) groups excluding carboxylic acids is 1. The third kappa shape index (κ3) is 6.51. The lowest BCUT2D eigenvalue weighted by Crippen LogP contribution is -2.48. The van der Waals surface area contributed by atoms with Crippen molar-refractivity contribution in [2.75, 3.05) is 38.0 Å². The normalized spacial score (nSPS) is 15.5. The molecule has 0 spiro atoms. The molecule has 9 heteroatoms. The number of hydrogen-bond donors (Lipinski definition) is 2. The number of hydrogen-bond acceptors (Lipinski definition) is 4. The van der Waals surface area contributed by atoms with E-state index in [1.165, 1.54) is 6.07 Å². The first-order chi connectivity index (χ1) is 11.9. The highest BCUT2D eigenvalue weighted by Gasteiger charge is 2.25. The van der Waals surface area contributed by atoms with Crippen molar-refractivity contribution in [1.82, 2.24) is 9.80 Å². The summed E-state index contributed by atoms with van der Waals surface area (Å²) in [4.78, 5) is 26.8. The Labute approximate surface area is 157 Å². The molecule has 2 rings (SSSR count). The summed E-state index contributed by atoms with van der Waals surface area (Å²) in [5, 5.41) is 11.5. The number of nitrogens with zero attached hydrogens (tertiary/aromatic N) is 2. The predicted molar refractivity (Wildman–Crippen MR) is 96.6 cm³/mol. The van der Waals surface area contributed by atoms with E-state index in [1.54, 1.807) is 0 Å². The molecule has 1 saturated heterocycles. The second-order valence-corrected chi connectivity index (χ2v) is 6.14. The van der Waals surface area contributed by atoms with Gasteiger partial charge in [-0.25, -0.2) is 8.78 Å². The quantitative estimate of drug-likeness (QED) is 0.745. The van der Waals surface area contributed by atoms with Crippen molar-refractivity contribution in [3.05, 3.63) is 29.8 Å². The van der Waals surface area contributed by atoms with E-state index >= 15 is 0 Å². The molecule has 6 nitrogen and oxygen atoms in total. The molecule has 0 aromatic heterocycles. The molecule has 0 radical (unpaired) electrons. The number of likely N-dealkylation sites (tertiary alicyclic amines) is 1. The topological polar surface area (TPSA) is 72.9 Å². The highest BCUT2D eigenvalue weighted by molar-refractivity contribution is 5.92. The SMILES string of the molecule is CCN(CC(=O)O)C1CCN(CC(=O)Nc2ccc(F)c(F)c2)CC1.Cl. The number of aliphatic carboxylic acids is 1. The van der Waals surface area contributed by atoms with Crippen molar-refractivity contribution < 1.29 is 23.5 Å². The van der Waals surface area contributed by atoms with Crippen LogP contribution in [-0.2, 0) is 9.59 Å². The minimum absolute atomic E-state index is 0. The van der Waals surface area contributed by atoms with Crippen molar-refractivity contribution >= 4 is 30.0 Å². The summed E-state index contributed by atoms with van der Waals surface area (Å²) < 4.78 is 26.0. The van der Waals surface area contributed by atoms with Crippen LogP contribution in [0.4, 0.5) is 14.5 Å². The molecule has 1 aromatic rings. The molecule has 0 saturated carbocycles. The maximum Gasteiger partial charge on any atom is 0.317 e. The van der Waals surface area contributed by atoms with Crippen molar-refractivity contribution in [3.63, 3.8) is 0 Å². The van der Waals surface area contributed by atoms with Gasteiger partial charge in [-0.1, -0.05) is 6.92 Å². The van der Waals surface area contributed by atoms with E-state index in [0.717, 1.165) is 25.0 Å². The van der Waals surface area contributed by atoms with Crippen molar-refractivity contribution in [1.29, 1.82) is 0 Å². The third-order valence-corrected chi connectivity index (χ3v) is 4.39. The number of rotatable bonds is 7. The van der Waals surface area contributed by atoms with Gasteiger partial charge in [0.15, 0.2) is 11.6 Å². The number of piperidine rings is 1. The highest BCUT2D eigenvalue weighted by Crippen LogP contribution is 2.17. The smallest absolute Gasteiger partial charge is 0.317 e. The minimum atomic E-state index is -1.00. The molecule has 26 heavy (non-hydrogen) atoms. The molecule has 1 fully saturated rings. The van der Waals surface area contributed by atoms with Crippen LogP contribution in [0, 0.1) is 11.6 Å². The molecule has 0 unspecified atom stereocenters. The van der Waals surface area contributed by atoms with Gasteiger partial charge in [0.05, 0.1) is 13.1 Å². The molecule has 1 aromatic carbocycles. The van der Waals surface area contributed by atoms with Crippen LogP contribution >= 0.6 is 12.4 Å². The standard InChI is InChI=1S/C17H23F2N3O3.ClH/c1-2-22(11-17(24)25)13-5-7-21(8-6-13)10-16(23)20-12-3-4-14(18)15(19)9-12;/h3-4,9,13H,2,5-8,10-11H2,1H3,(H,20,23)(H,24,25);1H. The van der Waals surface area contributed by atoms with Crippen LogP contribution < -0.4 is 5.32 Å². The fraction of sp³-hybridized carbons (Fsp3) is 0.529. The monoisotopic (exact) mass is 391 g/mol. The molecule has 146 valence electrons. The molecular formula is C17H24ClF2N3O3. The largest absolute Gasteiger partial charge is 0.480 e. The van der Waals surface area contributed by atoms with Crippen LogP contribution in [0.2, 0.25) is 0 Å². The number of nitrogens with one attached hydrogen (secondary N) is 1. The number of carboxylic acids is 1. The van der Waals surface area contributed by atoms with Crippen LogP contribution in [0.5, 0.6) is 0 Å². The van der Waals surface area contributed by atoms with Crippen LogP contribution in [0.3, 0.4) is 0 Å². The van der Waals surface area contributed by atoms with Crippen LogP contribution in [0.1, 0.15) is 19.8 Å². The van der Waals surface area contributed by atoms with Gasteiger partial charge in [0, 0.05) is 30.9 Å². The Kier molecular flexibility index (Phi) is 8.91. The zero-order valence-corrected chi connectivity index (χ0v) is 15.4. The molecule has 1 aliphatic heterocycles. The average Bonchev–Trinajstić information content (AvgIpc) is 2.56. The van der Waals surface area contributed by atoms with Crippen molar-refractivity contribution in [2.24, 2.45) is 0 Å². The van der Waals surface area contributed by atoms with E-state index in [1.807, 2.05) is 16.7 Å². The molecule has 1 aliphatic rings. The van der Waals surface area contributed by atoms with Gasteiger partial charge in [0.1, 0.15) is 0 Å². The van der Waals surface area contributed by atoms with Gasteiger partial charge in [-0.15, -0.1) is 12.4 Å². The number of likely N-dealkylation sites (N-methyl/N-ethyl adjacent to an activating group) is 1. The number of benzene rings is 1. The van der Waals surface area contributed by atoms with Crippen LogP contribution in [0.25, 0.3) is 0 Å². The van der Waals surface area contributed by atoms with Gasteiger partial charge in [-0.3, -0.25) is 19.4 Å². The second kappa shape index (κ2) is 10.4. The maximum absolute atomic E-state index is 13.1. The zero-order valence-electron chi connectivity index (χ0n) is 14.6. The number of amides is 1. The summed E-state index contributed by atoms with van der Waals surface area (Å²) in [5.74, 6) is -3.09. The van der Waals surface area contributed by atoms with E-state index in [0.29, 0.717) is 19.6 Å². The molecule has 2 N–H and O–H groups in total. The molecule has 1 heterocycles. The predicted octanol–water partition coefficient (Wildman–Crippen LogP) is 2.20. The maximum atomic E-state index is 13.1. The highest BCUT2D eigenvalue weighted by atomic mass is 35.5. The summed E-state index contributed by atoms with van der Waals surface area (Å²) in [6, 6.07) is 3.43. The Hall–Kier alpha value is -1.77. The minimum Gasteiger partial charge on any atom is -0.480 e. The fourth-order valence-electron chi connectivity index (χ4n) is 3.09. The fourth-order valence-corrected chi connectivity index (χ4v) is 3.09. The first kappa shape index (κ1) is 22.3. The summed E-state index contributed by atoms with van der Waals surface area (Å²) in [7, 11) is 0. The second-order valence-electron chi connectivity index (χ2n) is 6.14. The van der Waals surface area contributed by atoms with Gasteiger partial charge in [0.25, 0.3) is 0 Å². The van der Waals surface area contributed by atoms with Crippen LogP contribution in [-0.4, -0.2) is 65.5 Å². The van der Waals surface area contributed by atoms with E-state index in [2.05, 4.69) is 5.32 Å². The first-order valence-corrected chi connectivity index (χ1v) is 8.32.